The summed E-state index contributed by atoms with van der Waals surface area (Å²) < 4.78 is 0. The van der Waals surface area contributed by atoms with Crippen molar-refractivity contribution in [2.75, 3.05) is 5.32 Å². The van der Waals surface area contributed by atoms with Crippen molar-refractivity contribution >= 4 is 52.1 Å². The molecule has 1 atom stereocenters. The molecular formula is C15H10Cl4N2. The largest absolute Gasteiger partial charge is 0.377 e. The highest BCUT2D eigenvalue weighted by Crippen LogP contribution is 2.36. The van der Waals surface area contributed by atoms with Crippen LogP contribution < -0.4 is 5.32 Å². The van der Waals surface area contributed by atoms with E-state index >= 15 is 0 Å². The minimum atomic E-state index is -0.169. The molecule has 0 heterocycles. The smallest absolute Gasteiger partial charge is 0.101 e. The second-order valence-electron chi connectivity index (χ2n) is 4.43. The van der Waals surface area contributed by atoms with Gasteiger partial charge in [0.15, 0.2) is 0 Å². The van der Waals surface area contributed by atoms with E-state index in [4.69, 9.17) is 51.7 Å². The average molecular weight is 360 g/mol. The van der Waals surface area contributed by atoms with Gasteiger partial charge in [0.1, 0.15) is 6.07 Å². The second kappa shape index (κ2) is 6.77. The zero-order valence-electron chi connectivity index (χ0n) is 10.9. The predicted octanol–water partition coefficient (Wildman–Crippen LogP) is 6.34. The summed E-state index contributed by atoms with van der Waals surface area (Å²) in [5.41, 5.74) is 1.93. The van der Waals surface area contributed by atoms with Crippen molar-refractivity contribution in [3.63, 3.8) is 0 Å². The number of halogens is 4. The lowest BCUT2D eigenvalue weighted by Gasteiger charge is -2.19. The van der Waals surface area contributed by atoms with Gasteiger partial charge in [-0.15, -0.1) is 0 Å². The summed E-state index contributed by atoms with van der Waals surface area (Å²) in [6.07, 6.45) is 0. The van der Waals surface area contributed by atoms with Crippen LogP contribution in [0.5, 0.6) is 0 Å². The van der Waals surface area contributed by atoms with E-state index in [1.807, 2.05) is 6.92 Å². The number of hydrogen-bond donors (Lipinski definition) is 1. The Morgan fingerprint density at radius 1 is 1.05 bits per heavy atom. The standard InChI is InChI=1S/C15H10Cl4N2/c1-8(11-4-5-12(17)15(19)14(11)18)21-13-6-10(16)3-2-9(13)7-20/h2-6,8,21H,1H3. The molecule has 0 spiro atoms. The first-order chi connectivity index (χ1) is 9.93. The highest BCUT2D eigenvalue weighted by molar-refractivity contribution is 6.48. The molecule has 0 saturated heterocycles. The summed E-state index contributed by atoms with van der Waals surface area (Å²) in [6.45, 7) is 1.91. The molecule has 0 aliphatic heterocycles. The molecule has 2 aromatic carbocycles. The highest BCUT2D eigenvalue weighted by Gasteiger charge is 2.15. The monoisotopic (exact) mass is 358 g/mol. The first-order valence-corrected chi connectivity index (χ1v) is 7.54. The van der Waals surface area contributed by atoms with Crippen LogP contribution in [0, 0.1) is 11.3 Å². The summed E-state index contributed by atoms with van der Waals surface area (Å²) in [7, 11) is 0. The van der Waals surface area contributed by atoms with E-state index in [2.05, 4.69) is 11.4 Å². The van der Waals surface area contributed by atoms with Gasteiger partial charge in [0.25, 0.3) is 0 Å². The molecule has 0 amide bonds. The summed E-state index contributed by atoms with van der Waals surface area (Å²) >= 11 is 24.2. The average Bonchev–Trinajstić information content (AvgIpc) is 2.45. The molecule has 2 rings (SSSR count). The van der Waals surface area contributed by atoms with Crippen LogP contribution in [-0.2, 0) is 0 Å². The van der Waals surface area contributed by atoms with Gasteiger partial charge >= 0.3 is 0 Å². The molecule has 0 saturated carbocycles. The maximum atomic E-state index is 9.13. The Balaban J connectivity index is 2.35. The van der Waals surface area contributed by atoms with Crippen LogP contribution in [0.1, 0.15) is 24.1 Å². The molecule has 0 bridgehead atoms. The number of nitrogens with one attached hydrogen (secondary N) is 1. The minimum Gasteiger partial charge on any atom is -0.377 e. The summed E-state index contributed by atoms with van der Waals surface area (Å²) in [6, 6.07) is 10.5. The fourth-order valence-corrected chi connectivity index (χ4v) is 2.80. The second-order valence-corrected chi connectivity index (χ2v) is 6.03. The van der Waals surface area contributed by atoms with Crippen LogP contribution in [0.3, 0.4) is 0 Å². The SMILES string of the molecule is CC(Nc1cc(Cl)ccc1C#N)c1ccc(Cl)c(Cl)c1Cl. The predicted molar refractivity (Wildman–Crippen MR) is 89.7 cm³/mol. The van der Waals surface area contributed by atoms with Gasteiger partial charge < -0.3 is 5.32 Å². The van der Waals surface area contributed by atoms with Crippen molar-refractivity contribution in [3.8, 4) is 6.07 Å². The van der Waals surface area contributed by atoms with E-state index in [1.54, 1.807) is 30.3 Å². The van der Waals surface area contributed by atoms with Gasteiger partial charge in [0, 0.05) is 5.02 Å². The first-order valence-electron chi connectivity index (χ1n) is 6.03. The zero-order valence-corrected chi connectivity index (χ0v) is 13.9. The number of benzene rings is 2. The van der Waals surface area contributed by atoms with Gasteiger partial charge in [-0.2, -0.15) is 5.26 Å². The Morgan fingerprint density at radius 3 is 2.43 bits per heavy atom. The van der Waals surface area contributed by atoms with E-state index in [1.165, 1.54) is 0 Å². The number of nitrogens with zero attached hydrogens (tertiary/aromatic N) is 1. The van der Waals surface area contributed by atoms with Gasteiger partial charge in [0.05, 0.1) is 32.4 Å². The van der Waals surface area contributed by atoms with Crippen LogP contribution in [-0.4, -0.2) is 0 Å². The van der Waals surface area contributed by atoms with Gasteiger partial charge in [-0.25, -0.2) is 0 Å². The molecule has 6 heteroatoms. The topological polar surface area (TPSA) is 35.8 Å². The zero-order chi connectivity index (χ0) is 15.6. The van der Waals surface area contributed by atoms with Crippen molar-refractivity contribution in [2.24, 2.45) is 0 Å². The molecule has 108 valence electrons. The van der Waals surface area contributed by atoms with E-state index in [0.717, 1.165) is 5.56 Å². The van der Waals surface area contributed by atoms with Crippen molar-refractivity contribution in [3.05, 3.63) is 61.5 Å². The molecule has 21 heavy (non-hydrogen) atoms. The quantitative estimate of drug-likeness (QED) is 0.648. The number of anilines is 1. The van der Waals surface area contributed by atoms with Gasteiger partial charge in [-0.1, -0.05) is 52.5 Å². The molecule has 0 fully saturated rings. The van der Waals surface area contributed by atoms with Gasteiger partial charge in [0.2, 0.25) is 0 Å². The van der Waals surface area contributed by atoms with Crippen LogP contribution >= 0.6 is 46.4 Å². The normalized spacial score (nSPS) is 11.8. The summed E-state index contributed by atoms with van der Waals surface area (Å²) in [5.74, 6) is 0. The third-order valence-electron chi connectivity index (χ3n) is 3.01. The lowest BCUT2D eigenvalue weighted by Crippen LogP contribution is -2.08. The fraction of sp³-hybridized carbons (Fsp3) is 0.133. The van der Waals surface area contributed by atoms with E-state index in [9.17, 15) is 0 Å². The van der Waals surface area contributed by atoms with Crippen molar-refractivity contribution in [1.29, 1.82) is 5.26 Å². The molecular weight excluding hydrogens is 350 g/mol. The maximum absolute atomic E-state index is 9.13. The van der Waals surface area contributed by atoms with Gasteiger partial charge in [-0.3, -0.25) is 0 Å². The van der Waals surface area contributed by atoms with Crippen LogP contribution in [0.15, 0.2) is 30.3 Å². The Bertz CT molecular complexity index is 722. The number of hydrogen-bond acceptors (Lipinski definition) is 2. The summed E-state index contributed by atoms with van der Waals surface area (Å²) in [4.78, 5) is 0. The van der Waals surface area contributed by atoms with Crippen molar-refractivity contribution in [2.45, 2.75) is 13.0 Å². The van der Waals surface area contributed by atoms with Gasteiger partial charge in [-0.05, 0) is 36.8 Å². The van der Waals surface area contributed by atoms with E-state index in [0.29, 0.717) is 31.3 Å². The first kappa shape index (κ1) is 16.3. The molecule has 0 aliphatic rings. The third-order valence-corrected chi connectivity index (χ3v) is 4.55. The Kier molecular flexibility index (Phi) is 5.24. The lowest BCUT2D eigenvalue weighted by atomic mass is 10.1. The van der Waals surface area contributed by atoms with Crippen molar-refractivity contribution in [1.82, 2.24) is 0 Å². The summed E-state index contributed by atoms with van der Waals surface area (Å²) in [5, 5.41) is 14.0. The van der Waals surface area contributed by atoms with Crippen molar-refractivity contribution < 1.29 is 0 Å². The Hall–Kier alpha value is -1.11. The molecule has 2 nitrogen and oxygen atoms in total. The molecule has 1 N–H and O–H groups in total. The van der Waals surface area contributed by atoms with E-state index < -0.39 is 0 Å². The molecule has 0 radical (unpaired) electrons. The molecule has 0 aromatic heterocycles. The molecule has 0 aliphatic carbocycles. The lowest BCUT2D eigenvalue weighted by molar-refractivity contribution is 0.884. The maximum Gasteiger partial charge on any atom is 0.101 e. The van der Waals surface area contributed by atoms with Crippen LogP contribution in [0.25, 0.3) is 0 Å². The fourth-order valence-electron chi connectivity index (χ4n) is 1.92. The number of rotatable bonds is 3. The molecule has 1 unspecified atom stereocenters. The van der Waals surface area contributed by atoms with Crippen LogP contribution in [0.2, 0.25) is 20.1 Å². The van der Waals surface area contributed by atoms with E-state index in [-0.39, 0.29) is 6.04 Å². The third kappa shape index (κ3) is 3.56. The minimum absolute atomic E-state index is 0.169. The Labute approximate surface area is 143 Å². The number of nitriles is 1. The Morgan fingerprint density at radius 2 is 1.76 bits per heavy atom. The van der Waals surface area contributed by atoms with Crippen LogP contribution in [0.4, 0.5) is 5.69 Å². The molecule has 2 aromatic rings. The highest BCUT2D eigenvalue weighted by atomic mass is 35.5.